The molecule has 1 aromatic rings. The van der Waals surface area contributed by atoms with Crippen molar-refractivity contribution in [3.63, 3.8) is 0 Å². The van der Waals surface area contributed by atoms with Gasteiger partial charge in [0.25, 0.3) is 0 Å². The predicted molar refractivity (Wildman–Crippen MR) is 53.3 cm³/mol. The molecule has 0 aliphatic carbocycles. The lowest BCUT2D eigenvalue weighted by Gasteiger charge is -1.91. The molecule has 0 saturated carbocycles. The van der Waals surface area contributed by atoms with Crippen molar-refractivity contribution >= 4 is 18.4 Å². The standard InChI is InChI=1S/C11H11NO/c1-8-4-5-12-7-11(8)6-9(2)10(3)13/h4-7H,1-2H2,3H3/b11-6-. The van der Waals surface area contributed by atoms with Crippen molar-refractivity contribution in [3.8, 4) is 0 Å². The van der Waals surface area contributed by atoms with Crippen LogP contribution in [0, 0.1) is 0 Å². The Bertz CT molecular complexity index is 445. The highest BCUT2D eigenvalue weighted by Crippen LogP contribution is 1.91. The Hall–Kier alpha value is -1.70. The zero-order valence-electron chi connectivity index (χ0n) is 7.58. The SMILES string of the molecule is C=C(/C=c1/cnccc1=C)C(C)=O. The minimum Gasteiger partial charge on any atom is -0.295 e. The van der Waals surface area contributed by atoms with Crippen molar-refractivity contribution in [2.75, 3.05) is 0 Å². The third-order valence-corrected chi connectivity index (χ3v) is 1.73. The van der Waals surface area contributed by atoms with E-state index < -0.39 is 0 Å². The molecule has 13 heavy (non-hydrogen) atoms. The summed E-state index contributed by atoms with van der Waals surface area (Å²) in [6, 6.07) is 1.79. The molecule has 0 saturated heterocycles. The highest BCUT2D eigenvalue weighted by atomic mass is 16.1. The first-order valence-electron chi connectivity index (χ1n) is 3.92. The fourth-order valence-corrected chi connectivity index (χ4v) is 0.855. The molecule has 0 atom stereocenters. The molecule has 0 fully saturated rings. The van der Waals surface area contributed by atoms with Crippen LogP contribution in [-0.2, 0) is 4.79 Å². The molecule has 2 nitrogen and oxygen atoms in total. The second-order valence-electron chi connectivity index (χ2n) is 2.80. The van der Waals surface area contributed by atoms with Crippen LogP contribution in [0.25, 0.3) is 12.7 Å². The number of ketones is 1. The van der Waals surface area contributed by atoms with Crippen molar-refractivity contribution < 1.29 is 4.79 Å². The summed E-state index contributed by atoms with van der Waals surface area (Å²) in [4.78, 5) is 14.8. The second-order valence-corrected chi connectivity index (χ2v) is 2.80. The summed E-state index contributed by atoms with van der Waals surface area (Å²) in [6.45, 7) is 8.92. The number of pyridine rings is 1. The number of nitrogens with zero attached hydrogens (tertiary/aromatic N) is 1. The van der Waals surface area contributed by atoms with Crippen molar-refractivity contribution in [1.29, 1.82) is 0 Å². The molecule has 1 heterocycles. The van der Waals surface area contributed by atoms with Crippen molar-refractivity contribution in [2.45, 2.75) is 6.92 Å². The van der Waals surface area contributed by atoms with E-state index in [1.54, 1.807) is 24.5 Å². The van der Waals surface area contributed by atoms with Gasteiger partial charge in [0, 0.05) is 23.2 Å². The first kappa shape index (κ1) is 9.39. The number of aromatic nitrogens is 1. The van der Waals surface area contributed by atoms with Crippen LogP contribution in [0.4, 0.5) is 0 Å². The van der Waals surface area contributed by atoms with Gasteiger partial charge in [0.1, 0.15) is 0 Å². The van der Waals surface area contributed by atoms with Crippen molar-refractivity contribution in [1.82, 2.24) is 4.98 Å². The lowest BCUT2D eigenvalue weighted by Crippen LogP contribution is -2.23. The summed E-state index contributed by atoms with van der Waals surface area (Å²) in [6.07, 6.45) is 5.02. The van der Waals surface area contributed by atoms with Crippen molar-refractivity contribution in [3.05, 3.63) is 41.0 Å². The summed E-state index contributed by atoms with van der Waals surface area (Å²) in [5.74, 6) is -0.0387. The van der Waals surface area contributed by atoms with Gasteiger partial charge in [0.2, 0.25) is 0 Å². The minimum absolute atomic E-state index is 0.0387. The lowest BCUT2D eigenvalue weighted by molar-refractivity contribution is -0.113. The third kappa shape index (κ3) is 2.37. The van der Waals surface area contributed by atoms with Gasteiger partial charge in [0.05, 0.1) is 0 Å². The molecule has 0 spiro atoms. The maximum Gasteiger partial charge on any atom is 0.159 e. The third-order valence-electron chi connectivity index (χ3n) is 1.73. The molecule has 0 N–H and O–H groups in total. The van der Waals surface area contributed by atoms with E-state index in [4.69, 9.17) is 0 Å². The van der Waals surface area contributed by atoms with E-state index >= 15 is 0 Å². The molecule has 2 heteroatoms. The number of carbonyl (C=O) groups is 1. The van der Waals surface area contributed by atoms with Gasteiger partial charge < -0.3 is 0 Å². The Balaban J connectivity index is 3.23. The van der Waals surface area contributed by atoms with E-state index in [1.165, 1.54) is 6.92 Å². The Morgan fingerprint density at radius 2 is 2.31 bits per heavy atom. The average molecular weight is 173 g/mol. The smallest absolute Gasteiger partial charge is 0.159 e. The highest BCUT2D eigenvalue weighted by Gasteiger charge is 1.94. The molecule has 1 rings (SSSR count). The molecule has 0 bridgehead atoms. The molecule has 1 aromatic heterocycles. The van der Waals surface area contributed by atoms with E-state index in [0.717, 1.165) is 10.4 Å². The number of rotatable bonds is 2. The number of Topliss-reactive ketones (excluding diaryl/α,β-unsaturated/α-hetero) is 1. The van der Waals surface area contributed by atoms with Crippen LogP contribution in [0.2, 0.25) is 0 Å². The van der Waals surface area contributed by atoms with E-state index in [-0.39, 0.29) is 5.78 Å². The van der Waals surface area contributed by atoms with Crippen LogP contribution in [0.5, 0.6) is 0 Å². The van der Waals surface area contributed by atoms with Gasteiger partial charge in [-0.1, -0.05) is 13.2 Å². The Morgan fingerprint density at radius 1 is 1.62 bits per heavy atom. The first-order chi connectivity index (χ1) is 6.11. The van der Waals surface area contributed by atoms with Crippen LogP contribution in [0.1, 0.15) is 6.92 Å². The Kier molecular flexibility index (Phi) is 2.75. The normalized spacial score (nSPS) is 11.3. The molecule has 0 aliphatic rings. The molecule has 0 unspecified atom stereocenters. The van der Waals surface area contributed by atoms with E-state index in [2.05, 4.69) is 18.1 Å². The molecular weight excluding hydrogens is 162 g/mol. The molecule has 0 aliphatic heterocycles. The van der Waals surface area contributed by atoms with Crippen LogP contribution < -0.4 is 10.4 Å². The van der Waals surface area contributed by atoms with Gasteiger partial charge in [-0.15, -0.1) is 0 Å². The minimum atomic E-state index is -0.0387. The molecule has 0 aromatic carbocycles. The number of hydrogen-bond donors (Lipinski definition) is 0. The molecule has 0 radical (unpaired) electrons. The average Bonchev–Trinajstić information content (AvgIpc) is 2.08. The summed E-state index contributed by atoms with van der Waals surface area (Å²) < 4.78 is 0. The summed E-state index contributed by atoms with van der Waals surface area (Å²) in [5.41, 5.74) is 0.470. The topological polar surface area (TPSA) is 30.0 Å². The van der Waals surface area contributed by atoms with Crippen LogP contribution in [-0.4, -0.2) is 10.8 Å². The van der Waals surface area contributed by atoms with Gasteiger partial charge >= 0.3 is 0 Å². The lowest BCUT2D eigenvalue weighted by atomic mass is 10.1. The quantitative estimate of drug-likeness (QED) is 0.607. The van der Waals surface area contributed by atoms with E-state index in [0.29, 0.717) is 5.57 Å². The van der Waals surface area contributed by atoms with Crippen LogP contribution in [0.15, 0.2) is 30.6 Å². The van der Waals surface area contributed by atoms with E-state index in [9.17, 15) is 4.79 Å². The molecule has 66 valence electrons. The summed E-state index contributed by atoms with van der Waals surface area (Å²) >= 11 is 0. The Morgan fingerprint density at radius 3 is 2.85 bits per heavy atom. The monoisotopic (exact) mass is 173 g/mol. The summed E-state index contributed by atoms with van der Waals surface area (Å²) in [7, 11) is 0. The zero-order chi connectivity index (χ0) is 9.84. The van der Waals surface area contributed by atoms with Gasteiger partial charge in [-0.2, -0.15) is 0 Å². The predicted octanol–water partition coefficient (Wildman–Crippen LogP) is 0.418. The summed E-state index contributed by atoms with van der Waals surface area (Å²) in [5, 5.41) is 1.68. The number of hydrogen-bond acceptors (Lipinski definition) is 2. The Labute approximate surface area is 76.9 Å². The van der Waals surface area contributed by atoms with Gasteiger partial charge in [0.15, 0.2) is 5.78 Å². The van der Waals surface area contributed by atoms with Gasteiger partial charge in [-0.25, -0.2) is 0 Å². The first-order valence-corrected chi connectivity index (χ1v) is 3.92. The van der Waals surface area contributed by atoms with Crippen molar-refractivity contribution in [2.24, 2.45) is 0 Å². The second kappa shape index (κ2) is 3.81. The zero-order valence-corrected chi connectivity index (χ0v) is 7.58. The maximum atomic E-state index is 10.9. The fraction of sp³-hybridized carbons (Fsp3) is 0.0909. The van der Waals surface area contributed by atoms with Gasteiger partial charge in [-0.3, -0.25) is 9.78 Å². The fourth-order valence-electron chi connectivity index (χ4n) is 0.855. The maximum absolute atomic E-state index is 10.9. The van der Waals surface area contributed by atoms with Gasteiger partial charge in [-0.05, 0) is 24.3 Å². The van der Waals surface area contributed by atoms with E-state index in [1.807, 2.05) is 0 Å². The molecule has 0 amide bonds. The molecular formula is C11H11NO. The van der Waals surface area contributed by atoms with Crippen LogP contribution in [0.3, 0.4) is 0 Å². The largest absolute Gasteiger partial charge is 0.295 e. The highest BCUT2D eigenvalue weighted by molar-refractivity contribution is 6.00. The van der Waals surface area contributed by atoms with Crippen LogP contribution >= 0.6 is 0 Å². The number of carbonyl (C=O) groups excluding carboxylic acids is 1. The number of allylic oxidation sites excluding steroid dienone is 1.